The van der Waals surface area contributed by atoms with Crippen molar-refractivity contribution in [2.45, 2.75) is 26.7 Å². The van der Waals surface area contributed by atoms with Gasteiger partial charge in [0.15, 0.2) is 0 Å². The van der Waals surface area contributed by atoms with Crippen molar-refractivity contribution < 1.29 is 9.00 Å². The van der Waals surface area contributed by atoms with Gasteiger partial charge in [0.25, 0.3) is 0 Å². The number of hydrogen-bond acceptors (Lipinski definition) is 2. The molecule has 0 spiro atoms. The van der Waals surface area contributed by atoms with Crippen LogP contribution in [0.4, 0.5) is 0 Å². The first-order valence-corrected chi connectivity index (χ1v) is 5.92. The quantitative estimate of drug-likeness (QED) is 0.659. The predicted octanol–water partition coefficient (Wildman–Crippen LogP) is 1.18. The normalized spacial score (nSPS) is 13.1. The molecule has 0 aromatic heterocycles. The smallest absolute Gasteiger partial charge is 0.244 e. The minimum atomic E-state index is -0.988. The van der Waals surface area contributed by atoms with Crippen LogP contribution in [0, 0.1) is 0 Å². The molecule has 0 aromatic carbocycles. The highest BCUT2D eigenvalue weighted by molar-refractivity contribution is 7.87. The summed E-state index contributed by atoms with van der Waals surface area (Å²) in [7, 11) is -0.988. The fraction of sp³-hybridized carbons (Fsp3) is 0.667. The van der Waals surface area contributed by atoms with Gasteiger partial charge in [-0.3, -0.25) is 9.00 Å². The monoisotopic (exact) mass is 203 g/mol. The zero-order valence-corrected chi connectivity index (χ0v) is 9.02. The van der Waals surface area contributed by atoms with Crippen molar-refractivity contribution in [1.82, 2.24) is 5.32 Å². The second-order valence-corrected chi connectivity index (χ2v) is 4.12. The SMILES string of the molecule is CCCNC(=O)/C=C/[S@@](=O)CCC. The lowest BCUT2D eigenvalue weighted by atomic mass is 10.4. The van der Waals surface area contributed by atoms with Gasteiger partial charge in [0.1, 0.15) is 0 Å². The Morgan fingerprint density at radius 3 is 2.62 bits per heavy atom. The van der Waals surface area contributed by atoms with Crippen LogP contribution in [0.3, 0.4) is 0 Å². The summed E-state index contributed by atoms with van der Waals surface area (Å²) < 4.78 is 11.1. The van der Waals surface area contributed by atoms with E-state index in [-0.39, 0.29) is 5.91 Å². The molecule has 0 bridgehead atoms. The Balaban J connectivity index is 3.69. The maximum absolute atomic E-state index is 11.1. The van der Waals surface area contributed by atoms with Crippen molar-refractivity contribution in [2.75, 3.05) is 12.3 Å². The van der Waals surface area contributed by atoms with E-state index in [4.69, 9.17) is 0 Å². The molecule has 3 nitrogen and oxygen atoms in total. The fourth-order valence-corrected chi connectivity index (χ4v) is 1.53. The largest absolute Gasteiger partial charge is 0.353 e. The molecule has 13 heavy (non-hydrogen) atoms. The van der Waals surface area contributed by atoms with Crippen LogP contribution in [0.2, 0.25) is 0 Å². The van der Waals surface area contributed by atoms with Crippen molar-refractivity contribution >= 4 is 16.7 Å². The van der Waals surface area contributed by atoms with Gasteiger partial charge >= 0.3 is 0 Å². The zero-order valence-electron chi connectivity index (χ0n) is 8.21. The van der Waals surface area contributed by atoms with Crippen LogP contribution in [-0.2, 0) is 15.6 Å². The predicted molar refractivity (Wildman–Crippen MR) is 55.7 cm³/mol. The van der Waals surface area contributed by atoms with E-state index in [1.165, 1.54) is 11.5 Å². The molecule has 0 unspecified atom stereocenters. The minimum Gasteiger partial charge on any atom is -0.353 e. The molecule has 0 aromatic rings. The second kappa shape index (κ2) is 7.98. The molecule has 0 aliphatic carbocycles. The van der Waals surface area contributed by atoms with Crippen LogP contribution in [0.15, 0.2) is 11.5 Å². The Morgan fingerprint density at radius 1 is 1.38 bits per heavy atom. The maximum Gasteiger partial charge on any atom is 0.244 e. The molecule has 4 heteroatoms. The molecule has 0 saturated heterocycles. The second-order valence-electron chi connectivity index (χ2n) is 2.68. The molecule has 0 aliphatic rings. The third-order valence-corrected chi connectivity index (χ3v) is 2.58. The van der Waals surface area contributed by atoms with Crippen LogP contribution in [0.1, 0.15) is 26.7 Å². The summed E-state index contributed by atoms with van der Waals surface area (Å²) in [6.45, 7) is 4.62. The van der Waals surface area contributed by atoms with Gasteiger partial charge in [-0.1, -0.05) is 13.8 Å². The number of rotatable bonds is 6. The number of carbonyl (C=O) groups excluding carboxylic acids is 1. The van der Waals surface area contributed by atoms with E-state index in [0.717, 1.165) is 12.8 Å². The van der Waals surface area contributed by atoms with E-state index in [1.54, 1.807) is 0 Å². The van der Waals surface area contributed by atoms with E-state index in [1.807, 2.05) is 13.8 Å². The molecular formula is C9H17NO2S. The third-order valence-electron chi connectivity index (χ3n) is 1.33. The van der Waals surface area contributed by atoms with Gasteiger partial charge in [-0.2, -0.15) is 0 Å². The summed E-state index contributed by atoms with van der Waals surface area (Å²) in [5.74, 6) is 0.462. The summed E-state index contributed by atoms with van der Waals surface area (Å²) in [6, 6.07) is 0. The summed E-state index contributed by atoms with van der Waals surface area (Å²) in [5, 5.41) is 4.12. The Hall–Kier alpha value is -0.640. The first-order valence-electron chi connectivity index (χ1n) is 4.53. The lowest BCUT2D eigenvalue weighted by Gasteiger charge is -1.96. The number of carbonyl (C=O) groups is 1. The van der Waals surface area contributed by atoms with Crippen LogP contribution in [0.25, 0.3) is 0 Å². The molecular weight excluding hydrogens is 186 g/mol. The van der Waals surface area contributed by atoms with Crippen LogP contribution in [-0.4, -0.2) is 22.4 Å². The Bertz CT molecular complexity index is 202. The fourth-order valence-electron chi connectivity index (χ4n) is 0.714. The third kappa shape index (κ3) is 7.71. The number of hydrogen-bond donors (Lipinski definition) is 1. The topological polar surface area (TPSA) is 46.2 Å². The summed E-state index contributed by atoms with van der Waals surface area (Å²) in [5.41, 5.74) is 0. The molecule has 0 aliphatic heterocycles. The number of amides is 1. The highest BCUT2D eigenvalue weighted by atomic mass is 32.2. The van der Waals surface area contributed by atoms with Crippen LogP contribution >= 0.6 is 0 Å². The molecule has 1 N–H and O–H groups in total. The van der Waals surface area contributed by atoms with Gasteiger partial charge in [-0.05, 0) is 12.8 Å². The highest BCUT2D eigenvalue weighted by Gasteiger charge is 1.94. The lowest BCUT2D eigenvalue weighted by molar-refractivity contribution is -0.116. The first kappa shape index (κ1) is 12.4. The highest BCUT2D eigenvalue weighted by Crippen LogP contribution is 1.88. The van der Waals surface area contributed by atoms with E-state index < -0.39 is 10.8 Å². The van der Waals surface area contributed by atoms with E-state index in [2.05, 4.69) is 5.32 Å². The Labute approximate surface area is 82.1 Å². The average Bonchev–Trinajstić information content (AvgIpc) is 2.12. The van der Waals surface area contributed by atoms with Crippen molar-refractivity contribution in [2.24, 2.45) is 0 Å². The lowest BCUT2D eigenvalue weighted by Crippen LogP contribution is -2.21. The molecule has 0 fully saturated rings. The van der Waals surface area contributed by atoms with Gasteiger partial charge in [-0.15, -0.1) is 0 Å². The van der Waals surface area contributed by atoms with Crippen LogP contribution < -0.4 is 5.32 Å². The Morgan fingerprint density at radius 2 is 2.08 bits per heavy atom. The Kier molecular flexibility index (Phi) is 7.59. The summed E-state index contributed by atoms with van der Waals surface area (Å²) >= 11 is 0. The molecule has 1 amide bonds. The summed E-state index contributed by atoms with van der Waals surface area (Å²) in [4.78, 5) is 11.0. The van der Waals surface area contributed by atoms with Gasteiger partial charge in [-0.25, -0.2) is 0 Å². The molecule has 0 rings (SSSR count). The maximum atomic E-state index is 11.1. The van der Waals surface area contributed by atoms with E-state index >= 15 is 0 Å². The van der Waals surface area contributed by atoms with Gasteiger partial charge in [0.05, 0.1) is 0 Å². The molecule has 0 saturated carbocycles. The van der Waals surface area contributed by atoms with Gasteiger partial charge in [0.2, 0.25) is 5.91 Å². The van der Waals surface area contributed by atoms with E-state index in [0.29, 0.717) is 12.3 Å². The molecule has 0 heterocycles. The standard InChI is InChI=1S/C9H17NO2S/c1-3-6-10-9(11)5-8-13(12)7-4-2/h5,8H,3-4,6-7H2,1-2H3,(H,10,11)/b8-5+/t13-/m0/s1. The zero-order chi connectivity index (χ0) is 10.1. The van der Waals surface area contributed by atoms with Gasteiger partial charge < -0.3 is 5.32 Å². The number of nitrogens with one attached hydrogen (secondary N) is 1. The van der Waals surface area contributed by atoms with Crippen molar-refractivity contribution in [3.8, 4) is 0 Å². The first-order chi connectivity index (χ1) is 6.20. The van der Waals surface area contributed by atoms with E-state index in [9.17, 15) is 9.00 Å². The minimum absolute atomic E-state index is 0.161. The van der Waals surface area contributed by atoms with Gasteiger partial charge in [0, 0.05) is 34.6 Å². The molecule has 1 atom stereocenters. The average molecular weight is 203 g/mol. The van der Waals surface area contributed by atoms with Crippen LogP contribution in [0.5, 0.6) is 0 Å². The van der Waals surface area contributed by atoms with Crippen molar-refractivity contribution in [1.29, 1.82) is 0 Å². The summed E-state index contributed by atoms with van der Waals surface area (Å²) in [6.07, 6.45) is 3.13. The van der Waals surface area contributed by atoms with Crippen molar-refractivity contribution in [3.05, 3.63) is 11.5 Å². The molecule has 0 radical (unpaired) electrons. The van der Waals surface area contributed by atoms with Crippen molar-refractivity contribution in [3.63, 3.8) is 0 Å². The molecule has 76 valence electrons.